The van der Waals surface area contributed by atoms with Gasteiger partial charge in [-0.1, -0.05) is 20.3 Å². The van der Waals surface area contributed by atoms with Crippen molar-refractivity contribution < 1.29 is 0 Å². The molecule has 8 heavy (non-hydrogen) atoms. The zero-order valence-electron chi connectivity index (χ0n) is 5.65. The fourth-order valence-electron chi connectivity index (χ4n) is 0.708. The number of hydrogen-bond donors (Lipinski definition) is 0. The third-order valence-corrected chi connectivity index (χ3v) is 1.31. The van der Waals surface area contributed by atoms with Gasteiger partial charge in [-0.3, -0.25) is 0 Å². The van der Waals surface area contributed by atoms with Crippen molar-refractivity contribution in [2.75, 3.05) is 0 Å². The molecular formula is C7H13N. The van der Waals surface area contributed by atoms with Gasteiger partial charge in [-0.15, -0.1) is 0 Å². The molecule has 46 valence electrons. The molecule has 0 aromatic carbocycles. The Balaban J connectivity index is 3.26. The van der Waals surface area contributed by atoms with Gasteiger partial charge in [0.05, 0.1) is 6.07 Å². The lowest BCUT2D eigenvalue weighted by atomic mass is 10.0. The summed E-state index contributed by atoms with van der Waals surface area (Å²) in [6.07, 6.45) is 3.20. The number of nitrogens with zero attached hydrogens (tertiary/aromatic N) is 1. The maximum atomic E-state index is 8.41. The highest BCUT2D eigenvalue weighted by Crippen LogP contribution is 2.07. The van der Waals surface area contributed by atoms with E-state index in [1.807, 2.05) is 0 Å². The molecule has 1 nitrogen and oxygen atoms in total. The van der Waals surface area contributed by atoms with Gasteiger partial charge in [0.2, 0.25) is 0 Å². The first kappa shape index (κ1) is 7.49. The van der Waals surface area contributed by atoms with E-state index in [2.05, 4.69) is 19.9 Å². The smallest absolute Gasteiger partial charge is 0.0655 e. The summed E-state index contributed by atoms with van der Waals surface area (Å²) in [4.78, 5) is 0. The second-order valence-corrected chi connectivity index (χ2v) is 2.02. The summed E-state index contributed by atoms with van der Waals surface area (Å²) in [7, 11) is 0. The fraction of sp³-hybridized carbons (Fsp3) is 0.857. The molecule has 0 aromatic heterocycles. The van der Waals surface area contributed by atoms with Crippen LogP contribution in [-0.2, 0) is 0 Å². The van der Waals surface area contributed by atoms with E-state index in [1.54, 1.807) is 0 Å². The standard InChI is InChI=1S/C7H13N/c1-3-5-7(4-2)6-8/h7H,3-5H2,1-2H3/t7-/m0/s1. The summed E-state index contributed by atoms with van der Waals surface area (Å²) in [5.41, 5.74) is 0. The summed E-state index contributed by atoms with van der Waals surface area (Å²) in [5.74, 6) is 0.306. The lowest BCUT2D eigenvalue weighted by Crippen LogP contribution is -1.91. The van der Waals surface area contributed by atoms with Crippen LogP contribution in [0.3, 0.4) is 0 Å². The van der Waals surface area contributed by atoms with E-state index in [4.69, 9.17) is 5.26 Å². The molecule has 0 unspecified atom stereocenters. The van der Waals surface area contributed by atoms with Crippen molar-refractivity contribution in [2.24, 2.45) is 5.92 Å². The summed E-state index contributed by atoms with van der Waals surface area (Å²) < 4.78 is 0. The average Bonchev–Trinajstić information content (AvgIpc) is 1.83. The summed E-state index contributed by atoms with van der Waals surface area (Å²) in [6.45, 7) is 4.17. The maximum absolute atomic E-state index is 8.41. The lowest BCUT2D eigenvalue weighted by molar-refractivity contribution is 0.575. The Kier molecular flexibility index (Phi) is 4.35. The van der Waals surface area contributed by atoms with Crippen molar-refractivity contribution in [1.82, 2.24) is 0 Å². The predicted molar refractivity (Wildman–Crippen MR) is 34.3 cm³/mol. The summed E-state index contributed by atoms with van der Waals surface area (Å²) in [5, 5.41) is 8.41. The number of hydrogen-bond acceptors (Lipinski definition) is 1. The first-order valence-corrected chi connectivity index (χ1v) is 3.24. The minimum Gasteiger partial charge on any atom is -0.198 e. The molecule has 0 heterocycles. The van der Waals surface area contributed by atoms with Gasteiger partial charge in [0.15, 0.2) is 0 Å². The van der Waals surface area contributed by atoms with Crippen LogP contribution in [0.4, 0.5) is 0 Å². The summed E-state index contributed by atoms with van der Waals surface area (Å²) >= 11 is 0. The molecule has 0 spiro atoms. The lowest BCUT2D eigenvalue weighted by Gasteiger charge is -1.99. The van der Waals surface area contributed by atoms with Crippen LogP contribution in [0.1, 0.15) is 33.1 Å². The van der Waals surface area contributed by atoms with Gasteiger partial charge in [-0.05, 0) is 12.8 Å². The fourth-order valence-corrected chi connectivity index (χ4v) is 0.708. The Morgan fingerprint density at radius 2 is 2.12 bits per heavy atom. The Bertz CT molecular complexity index is 80.9. The molecule has 0 saturated carbocycles. The molecule has 0 saturated heterocycles. The van der Waals surface area contributed by atoms with E-state index in [0.29, 0.717) is 5.92 Å². The van der Waals surface area contributed by atoms with Gasteiger partial charge in [0, 0.05) is 5.92 Å². The molecule has 1 heteroatoms. The minimum atomic E-state index is 0.306. The van der Waals surface area contributed by atoms with Gasteiger partial charge >= 0.3 is 0 Å². The Labute approximate surface area is 51.3 Å². The Morgan fingerprint density at radius 3 is 2.25 bits per heavy atom. The van der Waals surface area contributed by atoms with Crippen LogP contribution in [0.2, 0.25) is 0 Å². The normalized spacial score (nSPS) is 12.6. The first-order valence-electron chi connectivity index (χ1n) is 3.24. The molecule has 0 amide bonds. The molecule has 0 aliphatic heterocycles. The second-order valence-electron chi connectivity index (χ2n) is 2.02. The van der Waals surface area contributed by atoms with Crippen molar-refractivity contribution >= 4 is 0 Å². The summed E-state index contributed by atoms with van der Waals surface area (Å²) in [6, 6.07) is 2.25. The van der Waals surface area contributed by atoms with Gasteiger partial charge in [-0.2, -0.15) is 5.26 Å². The maximum Gasteiger partial charge on any atom is 0.0655 e. The highest BCUT2D eigenvalue weighted by molar-refractivity contribution is 4.80. The molecule has 0 aliphatic rings. The SMILES string of the molecule is CCC[C@@H](C#N)CC. The van der Waals surface area contributed by atoms with Crippen molar-refractivity contribution in [3.05, 3.63) is 0 Å². The molecule has 0 aromatic rings. The average molecular weight is 111 g/mol. The highest BCUT2D eigenvalue weighted by Gasteiger charge is 1.99. The van der Waals surface area contributed by atoms with Crippen molar-refractivity contribution in [3.8, 4) is 6.07 Å². The van der Waals surface area contributed by atoms with Crippen molar-refractivity contribution in [2.45, 2.75) is 33.1 Å². The minimum absolute atomic E-state index is 0.306. The third-order valence-electron chi connectivity index (χ3n) is 1.31. The quantitative estimate of drug-likeness (QED) is 0.548. The predicted octanol–water partition coefficient (Wildman–Crippen LogP) is 2.34. The van der Waals surface area contributed by atoms with Crippen LogP contribution in [0.25, 0.3) is 0 Å². The third kappa shape index (κ3) is 2.63. The molecule has 0 bridgehead atoms. The topological polar surface area (TPSA) is 23.8 Å². The van der Waals surface area contributed by atoms with Crippen LogP contribution >= 0.6 is 0 Å². The largest absolute Gasteiger partial charge is 0.198 e. The van der Waals surface area contributed by atoms with Gasteiger partial charge in [0.1, 0.15) is 0 Å². The Hall–Kier alpha value is -0.510. The molecule has 0 aliphatic carbocycles. The van der Waals surface area contributed by atoms with E-state index in [9.17, 15) is 0 Å². The molecular weight excluding hydrogens is 98.1 g/mol. The molecule has 0 fully saturated rings. The Morgan fingerprint density at radius 1 is 1.50 bits per heavy atom. The van der Waals surface area contributed by atoms with Gasteiger partial charge < -0.3 is 0 Å². The highest BCUT2D eigenvalue weighted by atomic mass is 14.3. The molecule has 0 N–H and O–H groups in total. The second kappa shape index (κ2) is 4.64. The molecule has 0 radical (unpaired) electrons. The molecule has 0 rings (SSSR count). The van der Waals surface area contributed by atoms with Crippen LogP contribution in [0.15, 0.2) is 0 Å². The number of nitriles is 1. The van der Waals surface area contributed by atoms with E-state index in [1.165, 1.54) is 0 Å². The zero-order valence-corrected chi connectivity index (χ0v) is 5.65. The molecule has 1 atom stereocenters. The van der Waals surface area contributed by atoms with Crippen LogP contribution in [0, 0.1) is 17.2 Å². The van der Waals surface area contributed by atoms with Gasteiger partial charge in [0.25, 0.3) is 0 Å². The van der Waals surface area contributed by atoms with Crippen LogP contribution in [-0.4, -0.2) is 0 Å². The van der Waals surface area contributed by atoms with E-state index < -0.39 is 0 Å². The van der Waals surface area contributed by atoms with Crippen molar-refractivity contribution in [3.63, 3.8) is 0 Å². The van der Waals surface area contributed by atoms with E-state index >= 15 is 0 Å². The van der Waals surface area contributed by atoms with Crippen LogP contribution < -0.4 is 0 Å². The van der Waals surface area contributed by atoms with Crippen molar-refractivity contribution in [1.29, 1.82) is 5.26 Å². The van der Waals surface area contributed by atoms with E-state index in [-0.39, 0.29) is 0 Å². The zero-order chi connectivity index (χ0) is 6.41. The van der Waals surface area contributed by atoms with Crippen LogP contribution in [0.5, 0.6) is 0 Å². The number of rotatable bonds is 3. The van der Waals surface area contributed by atoms with E-state index in [0.717, 1.165) is 19.3 Å². The van der Waals surface area contributed by atoms with Gasteiger partial charge in [-0.25, -0.2) is 0 Å². The monoisotopic (exact) mass is 111 g/mol. The first-order chi connectivity index (χ1) is 3.85.